The first-order chi connectivity index (χ1) is 20.3. The van der Waals surface area contributed by atoms with Gasteiger partial charge in [0.25, 0.3) is 0 Å². The molecule has 0 saturated carbocycles. The van der Waals surface area contributed by atoms with E-state index in [4.69, 9.17) is 0 Å². The molecule has 0 aliphatic carbocycles. The molecule has 2 fully saturated rings. The Hall–Kier alpha value is -2.70. The number of aromatic nitrogens is 2. The van der Waals surface area contributed by atoms with Crippen molar-refractivity contribution in [3.05, 3.63) is 120 Å². The zero-order chi connectivity index (χ0) is 27.7. The van der Waals surface area contributed by atoms with Gasteiger partial charge in [-0.1, -0.05) is 48.5 Å². The molecule has 4 heterocycles. The van der Waals surface area contributed by atoms with E-state index in [1.807, 2.05) is 0 Å². The highest BCUT2D eigenvalue weighted by Gasteiger charge is 2.14. The van der Waals surface area contributed by atoms with Crippen molar-refractivity contribution in [3.8, 4) is 0 Å². The van der Waals surface area contributed by atoms with Crippen LogP contribution in [0.15, 0.2) is 97.6 Å². The van der Waals surface area contributed by atoms with Crippen LogP contribution in [0.5, 0.6) is 0 Å². The van der Waals surface area contributed by atoms with E-state index in [1.54, 1.807) is 0 Å². The summed E-state index contributed by atoms with van der Waals surface area (Å²) in [7, 11) is 0. The van der Waals surface area contributed by atoms with Crippen molar-refractivity contribution in [3.63, 3.8) is 0 Å². The average Bonchev–Trinajstić information content (AvgIpc) is 3.04. The van der Waals surface area contributed by atoms with Crippen molar-refractivity contribution >= 4 is 11.4 Å². The lowest BCUT2D eigenvalue weighted by Crippen LogP contribution is -3.00. The van der Waals surface area contributed by atoms with Crippen LogP contribution >= 0.6 is 0 Å². The fourth-order valence-corrected chi connectivity index (χ4v) is 6.38. The number of anilines is 2. The highest BCUT2D eigenvalue weighted by molar-refractivity contribution is 5.44. The molecule has 0 N–H and O–H groups in total. The summed E-state index contributed by atoms with van der Waals surface area (Å²) < 4.78 is 4.57. The molecule has 2 saturated heterocycles. The maximum atomic E-state index is 2.52. The summed E-state index contributed by atoms with van der Waals surface area (Å²) >= 11 is 0. The smallest absolute Gasteiger partial charge is 0.173 e. The molecule has 4 aromatic rings. The summed E-state index contributed by atoms with van der Waals surface area (Å²) in [4.78, 5) is 5.04. The molecule has 0 spiro atoms. The van der Waals surface area contributed by atoms with E-state index < -0.39 is 0 Å². The fraction of sp³-hybridized carbons (Fsp3) is 0.405. The van der Waals surface area contributed by atoms with Crippen molar-refractivity contribution in [1.29, 1.82) is 0 Å². The van der Waals surface area contributed by atoms with Crippen LogP contribution in [-0.4, -0.2) is 26.2 Å². The number of benzene rings is 2. The van der Waals surface area contributed by atoms with Gasteiger partial charge in [0.05, 0.1) is 0 Å². The standard InChI is InChI=1S/C37H46N4.2BrH/c1-3-22-40(23-4-1)36-18-26-38(27-19-36)30-34-14-10-32(11-15-34)8-7-9-33-12-16-35(17-13-33)31-39-28-20-37(21-29-39)41-24-5-2-6-25-41;;/h10-21,26-29H,1-9,22-25,30-31H2;2*1H/q+2;;/p-2. The van der Waals surface area contributed by atoms with E-state index in [1.165, 1.54) is 105 Å². The van der Waals surface area contributed by atoms with Crippen molar-refractivity contribution < 1.29 is 43.1 Å². The normalized spacial score (nSPS) is 15.0. The van der Waals surface area contributed by atoms with Gasteiger partial charge in [-0.05, 0) is 68.9 Å². The largest absolute Gasteiger partial charge is 1.00 e. The lowest BCUT2D eigenvalue weighted by molar-refractivity contribution is -0.688. The molecular weight excluding hydrogens is 660 g/mol. The summed E-state index contributed by atoms with van der Waals surface area (Å²) in [5.41, 5.74) is 8.31. The van der Waals surface area contributed by atoms with Crippen LogP contribution in [0.3, 0.4) is 0 Å². The molecule has 0 atom stereocenters. The van der Waals surface area contributed by atoms with Gasteiger partial charge in [0, 0.05) is 72.9 Å². The van der Waals surface area contributed by atoms with Gasteiger partial charge in [-0.2, -0.15) is 0 Å². The Morgan fingerprint density at radius 2 is 0.744 bits per heavy atom. The molecule has 6 rings (SSSR count). The molecular formula is C37H46Br2N4. The summed E-state index contributed by atoms with van der Waals surface area (Å²) in [6.07, 6.45) is 20.4. The number of aryl methyl sites for hydroxylation is 2. The van der Waals surface area contributed by atoms with Crippen LogP contribution in [0.2, 0.25) is 0 Å². The van der Waals surface area contributed by atoms with Crippen molar-refractivity contribution in [1.82, 2.24) is 0 Å². The third kappa shape index (κ3) is 9.64. The van der Waals surface area contributed by atoms with Gasteiger partial charge in [0.15, 0.2) is 37.9 Å². The lowest BCUT2D eigenvalue weighted by Gasteiger charge is -2.28. The van der Waals surface area contributed by atoms with E-state index in [9.17, 15) is 0 Å². The van der Waals surface area contributed by atoms with Crippen LogP contribution < -0.4 is 52.9 Å². The molecule has 4 nitrogen and oxygen atoms in total. The van der Waals surface area contributed by atoms with Crippen LogP contribution in [0.1, 0.15) is 67.2 Å². The van der Waals surface area contributed by atoms with Crippen molar-refractivity contribution in [2.24, 2.45) is 0 Å². The topological polar surface area (TPSA) is 14.2 Å². The number of halogens is 2. The second-order valence-electron chi connectivity index (χ2n) is 12.0. The summed E-state index contributed by atoms with van der Waals surface area (Å²) in [6, 6.07) is 27.6. The lowest BCUT2D eigenvalue weighted by atomic mass is 10.0. The predicted octanol–water partition coefficient (Wildman–Crippen LogP) is 0.522. The molecule has 0 amide bonds. The zero-order valence-electron chi connectivity index (χ0n) is 25.4. The Morgan fingerprint density at radius 3 is 1.09 bits per heavy atom. The molecule has 228 valence electrons. The third-order valence-corrected chi connectivity index (χ3v) is 8.90. The number of rotatable bonds is 10. The maximum absolute atomic E-state index is 2.52. The fourth-order valence-electron chi connectivity index (χ4n) is 6.38. The molecule has 0 bridgehead atoms. The Morgan fingerprint density at radius 1 is 0.419 bits per heavy atom. The Balaban J connectivity index is 0.00000212. The molecule has 0 radical (unpaired) electrons. The molecule has 2 aromatic carbocycles. The molecule has 2 aromatic heterocycles. The first kappa shape index (κ1) is 33.2. The van der Waals surface area contributed by atoms with Gasteiger partial charge in [0.1, 0.15) is 0 Å². The summed E-state index contributed by atoms with van der Waals surface area (Å²) in [5.74, 6) is 0. The van der Waals surface area contributed by atoms with Gasteiger partial charge in [0.2, 0.25) is 0 Å². The van der Waals surface area contributed by atoms with Crippen molar-refractivity contribution in [2.45, 2.75) is 70.9 Å². The Labute approximate surface area is 279 Å². The minimum Gasteiger partial charge on any atom is -1.00 e. The van der Waals surface area contributed by atoms with Gasteiger partial charge in [-0.3, -0.25) is 0 Å². The molecule has 0 unspecified atom stereocenters. The number of hydrogen-bond acceptors (Lipinski definition) is 2. The van der Waals surface area contributed by atoms with Gasteiger partial charge < -0.3 is 43.8 Å². The second-order valence-corrected chi connectivity index (χ2v) is 12.0. The summed E-state index contributed by atoms with van der Waals surface area (Å²) in [6.45, 7) is 6.64. The van der Waals surface area contributed by atoms with Crippen molar-refractivity contribution in [2.75, 3.05) is 36.0 Å². The minimum atomic E-state index is 0. The first-order valence-corrected chi connectivity index (χ1v) is 15.9. The predicted molar refractivity (Wildman–Crippen MR) is 169 cm³/mol. The van der Waals surface area contributed by atoms with E-state index in [-0.39, 0.29) is 34.0 Å². The monoisotopic (exact) mass is 704 g/mol. The highest BCUT2D eigenvalue weighted by Crippen LogP contribution is 2.19. The average molecular weight is 707 g/mol. The number of nitrogens with zero attached hydrogens (tertiary/aromatic N) is 4. The highest BCUT2D eigenvalue weighted by atomic mass is 79.9. The third-order valence-electron chi connectivity index (χ3n) is 8.90. The van der Waals surface area contributed by atoms with Crippen LogP contribution in [-0.2, 0) is 25.9 Å². The van der Waals surface area contributed by atoms with Crippen LogP contribution in [0.25, 0.3) is 0 Å². The Kier molecular flexibility index (Phi) is 13.1. The van der Waals surface area contributed by atoms with E-state index in [2.05, 4.69) is 117 Å². The van der Waals surface area contributed by atoms with E-state index in [0.717, 1.165) is 25.9 Å². The number of pyridine rings is 2. The molecule has 2 aliphatic heterocycles. The van der Waals surface area contributed by atoms with Gasteiger partial charge >= 0.3 is 0 Å². The van der Waals surface area contributed by atoms with Crippen LogP contribution in [0, 0.1) is 0 Å². The Bertz CT molecular complexity index is 1240. The molecule has 6 heteroatoms. The molecule has 43 heavy (non-hydrogen) atoms. The van der Waals surface area contributed by atoms with Crippen LogP contribution in [0.4, 0.5) is 11.4 Å². The zero-order valence-corrected chi connectivity index (χ0v) is 28.6. The van der Waals surface area contributed by atoms with Gasteiger partial charge in [-0.25, -0.2) is 9.13 Å². The number of piperidine rings is 2. The van der Waals surface area contributed by atoms with Gasteiger partial charge in [-0.15, -0.1) is 0 Å². The second kappa shape index (κ2) is 17.0. The molecule has 2 aliphatic rings. The van der Waals surface area contributed by atoms with E-state index in [0.29, 0.717) is 0 Å². The SMILES string of the molecule is [Br-].[Br-].c1cc(C[n+]2ccc(N3CCCCC3)cc2)ccc1CCCc1ccc(C[n+]2ccc(N3CCCCC3)cc2)cc1. The number of hydrogen-bond donors (Lipinski definition) is 0. The first-order valence-electron chi connectivity index (χ1n) is 15.9. The maximum Gasteiger partial charge on any atom is 0.173 e. The summed E-state index contributed by atoms with van der Waals surface area (Å²) in [5, 5.41) is 0. The minimum absolute atomic E-state index is 0. The van der Waals surface area contributed by atoms with E-state index >= 15 is 0 Å². The quantitative estimate of drug-likeness (QED) is 0.224.